The van der Waals surface area contributed by atoms with Crippen molar-refractivity contribution in [1.82, 2.24) is 4.72 Å². The molecule has 0 aliphatic heterocycles. The maximum Gasteiger partial charge on any atom is 0.262 e. The summed E-state index contributed by atoms with van der Waals surface area (Å²) in [5.41, 5.74) is 0.306. The van der Waals surface area contributed by atoms with Crippen LogP contribution < -0.4 is 14.8 Å². The summed E-state index contributed by atoms with van der Waals surface area (Å²) in [5, 5.41) is 3.33. The van der Waals surface area contributed by atoms with E-state index in [1.54, 1.807) is 13.8 Å². The summed E-state index contributed by atoms with van der Waals surface area (Å²) in [4.78, 5) is 12.1. The molecule has 0 aliphatic carbocycles. The van der Waals surface area contributed by atoms with Gasteiger partial charge in [0.25, 0.3) is 5.91 Å². The second-order valence-corrected chi connectivity index (χ2v) is 8.77. The number of sulfonamides is 1. The summed E-state index contributed by atoms with van der Waals surface area (Å²) in [7, 11) is -3.58. The molecule has 0 heterocycles. The molecule has 0 aromatic heterocycles. The molecule has 6 nitrogen and oxygen atoms in total. The molecule has 1 amide bonds. The number of benzene rings is 2. The number of rotatable bonds is 7. The molecule has 2 N–H and O–H groups in total. The van der Waals surface area contributed by atoms with Crippen molar-refractivity contribution < 1.29 is 17.9 Å². The quantitative estimate of drug-likeness (QED) is 0.613. The van der Waals surface area contributed by atoms with Gasteiger partial charge in [-0.3, -0.25) is 4.79 Å². The van der Waals surface area contributed by atoms with Gasteiger partial charge in [0.15, 0.2) is 6.61 Å². The minimum absolute atomic E-state index is 0.107. The van der Waals surface area contributed by atoms with E-state index < -0.39 is 15.9 Å². The number of carbonyl (C=O) groups excluding carboxylic acids is 1. The third-order valence-electron chi connectivity index (χ3n) is 3.18. The zero-order chi connectivity index (χ0) is 20.2. The number of nitrogens with one attached hydrogen (secondary N) is 2. The summed E-state index contributed by atoms with van der Waals surface area (Å²) >= 11 is 17.7. The normalized spacial score (nSPS) is 11.5. The van der Waals surface area contributed by atoms with Gasteiger partial charge >= 0.3 is 0 Å². The molecular formula is C17H17Cl3N2O4S. The zero-order valence-electron chi connectivity index (χ0n) is 14.4. The molecule has 2 aromatic carbocycles. The summed E-state index contributed by atoms with van der Waals surface area (Å²) in [6.45, 7) is 3.16. The van der Waals surface area contributed by atoms with Crippen LogP contribution in [0, 0.1) is 0 Å². The largest absolute Gasteiger partial charge is 0.484 e. The average Bonchev–Trinajstić information content (AvgIpc) is 2.57. The van der Waals surface area contributed by atoms with E-state index in [0.717, 1.165) is 0 Å². The van der Waals surface area contributed by atoms with Crippen LogP contribution >= 0.6 is 34.8 Å². The summed E-state index contributed by atoms with van der Waals surface area (Å²) in [5.74, 6) is -0.123. The van der Waals surface area contributed by atoms with Crippen molar-refractivity contribution in [2.45, 2.75) is 24.8 Å². The second kappa shape index (κ2) is 9.12. The Labute approximate surface area is 172 Å². The number of halogens is 3. The minimum atomic E-state index is -3.58. The van der Waals surface area contributed by atoms with Crippen molar-refractivity contribution in [1.29, 1.82) is 0 Å². The lowest BCUT2D eigenvalue weighted by Crippen LogP contribution is -2.30. The van der Waals surface area contributed by atoms with Crippen molar-refractivity contribution in [3.63, 3.8) is 0 Å². The Morgan fingerprint density at radius 2 is 1.63 bits per heavy atom. The maximum atomic E-state index is 12.1. The number of ether oxygens (including phenoxy) is 1. The van der Waals surface area contributed by atoms with Gasteiger partial charge in [0.05, 0.1) is 25.7 Å². The molecule has 0 aliphatic rings. The fraction of sp³-hybridized carbons (Fsp3) is 0.235. The minimum Gasteiger partial charge on any atom is -0.484 e. The molecule has 2 aromatic rings. The van der Waals surface area contributed by atoms with Gasteiger partial charge in [0.2, 0.25) is 10.0 Å². The molecule has 146 valence electrons. The van der Waals surface area contributed by atoms with Gasteiger partial charge in [0, 0.05) is 6.04 Å². The molecule has 0 bridgehead atoms. The predicted molar refractivity (Wildman–Crippen MR) is 107 cm³/mol. The van der Waals surface area contributed by atoms with Crippen LogP contribution in [0.4, 0.5) is 5.69 Å². The number of hydrogen-bond donors (Lipinski definition) is 2. The lowest BCUT2D eigenvalue weighted by molar-refractivity contribution is -0.118. The van der Waals surface area contributed by atoms with Gasteiger partial charge in [0.1, 0.15) is 5.75 Å². The third-order valence-corrected chi connectivity index (χ3v) is 5.89. The Morgan fingerprint density at radius 3 is 2.22 bits per heavy atom. The molecule has 0 atom stereocenters. The van der Waals surface area contributed by atoms with Gasteiger partial charge in [-0.05, 0) is 50.2 Å². The highest BCUT2D eigenvalue weighted by molar-refractivity contribution is 7.89. The molecule has 2 rings (SSSR count). The summed E-state index contributed by atoms with van der Waals surface area (Å²) in [6.07, 6.45) is 0. The van der Waals surface area contributed by atoms with Gasteiger partial charge in [-0.15, -0.1) is 0 Å². The van der Waals surface area contributed by atoms with Crippen molar-refractivity contribution in [2.75, 3.05) is 11.9 Å². The molecule has 0 unspecified atom stereocenters. The fourth-order valence-corrected chi connectivity index (χ4v) is 3.89. The smallest absolute Gasteiger partial charge is 0.262 e. The first-order valence-corrected chi connectivity index (χ1v) is 10.4. The van der Waals surface area contributed by atoms with Crippen molar-refractivity contribution in [3.8, 4) is 5.75 Å². The van der Waals surface area contributed by atoms with Crippen LogP contribution in [0.1, 0.15) is 13.8 Å². The highest BCUT2D eigenvalue weighted by atomic mass is 35.5. The van der Waals surface area contributed by atoms with Crippen LogP contribution in [-0.4, -0.2) is 27.0 Å². The highest BCUT2D eigenvalue weighted by Crippen LogP contribution is 2.32. The molecule has 0 fully saturated rings. The molecular weight excluding hydrogens is 435 g/mol. The number of amides is 1. The van der Waals surface area contributed by atoms with Crippen molar-refractivity contribution in [3.05, 3.63) is 51.5 Å². The SMILES string of the molecule is CC(C)NS(=O)(=O)c1ccc(OCC(=O)Nc2cc(Cl)c(Cl)cc2Cl)cc1. The molecule has 10 heteroatoms. The molecule has 27 heavy (non-hydrogen) atoms. The number of anilines is 1. The summed E-state index contributed by atoms with van der Waals surface area (Å²) in [6, 6.07) is 8.37. The highest BCUT2D eigenvalue weighted by Gasteiger charge is 2.15. The summed E-state index contributed by atoms with van der Waals surface area (Å²) < 4.78 is 31.9. The van der Waals surface area contributed by atoms with E-state index in [2.05, 4.69) is 10.0 Å². The fourth-order valence-electron chi connectivity index (χ4n) is 2.05. The monoisotopic (exact) mass is 450 g/mol. The first kappa shape index (κ1) is 21.8. The van der Waals surface area contributed by atoms with Gasteiger partial charge in [-0.25, -0.2) is 13.1 Å². The lowest BCUT2D eigenvalue weighted by Gasteiger charge is -2.11. The van der Waals surface area contributed by atoms with Crippen LogP contribution in [0.3, 0.4) is 0 Å². The van der Waals surface area contributed by atoms with E-state index in [4.69, 9.17) is 39.5 Å². The average molecular weight is 452 g/mol. The predicted octanol–water partition coefficient (Wildman–Crippen LogP) is 4.35. The van der Waals surface area contributed by atoms with Crippen LogP contribution in [0.2, 0.25) is 15.1 Å². The van der Waals surface area contributed by atoms with E-state index >= 15 is 0 Å². The van der Waals surface area contributed by atoms with E-state index in [1.165, 1.54) is 36.4 Å². The van der Waals surface area contributed by atoms with Crippen LogP contribution in [0.25, 0.3) is 0 Å². The Hall–Kier alpha value is -1.51. The molecule has 0 saturated carbocycles. The second-order valence-electron chi connectivity index (χ2n) is 5.83. The zero-order valence-corrected chi connectivity index (χ0v) is 17.5. The number of carbonyl (C=O) groups is 1. The van der Waals surface area contributed by atoms with E-state index in [0.29, 0.717) is 11.4 Å². The van der Waals surface area contributed by atoms with Crippen molar-refractivity contribution in [2.24, 2.45) is 0 Å². The Morgan fingerprint density at radius 1 is 1.04 bits per heavy atom. The molecule has 0 spiro atoms. The topological polar surface area (TPSA) is 84.5 Å². The Bertz CT molecular complexity index is 932. The van der Waals surface area contributed by atoms with E-state index in [-0.39, 0.29) is 32.6 Å². The molecule has 0 radical (unpaired) electrons. The van der Waals surface area contributed by atoms with Crippen LogP contribution in [0.5, 0.6) is 5.75 Å². The maximum absolute atomic E-state index is 12.1. The Balaban J connectivity index is 1.97. The van der Waals surface area contributed by atoms with Gasteiger partial charge in [-0.1, -0.05) is 34.8 Å². The van der Waals surface area contributed by atoms with Crippen LogP contribution in [0.15, 0.2) is 41.3 Å². The van der Waals surface area contributed by atoms with Crippen molar-refractivity contribution >= 4 is 56.4 Å². The van der Waals surface area contributed by atoms with E-state index in [1.807, 2.05) is 0 Å². The standard InChI is InChI=1S/C17H17Cl3N2O4S/c1-10(2)22-27(24,25)12-5-3-11(4-6-12)26-9-17(23)21-16-8-14(19)13(18)7-15(16)20/h3-8,10,22H,9H2,1-2H3,(H,21,23). The Kier molecular flexibility index (Phi) is 7.36. The first-order valence-electron chi connectivity index (χ1n) is 7.78. The first-order chi connectivity index (χ1) is 12.6. The molecule has 0 saturated heterocycles. The van der Waals surface area contributed by atoms with Crippen LogP contribution in [-0.2, 0) is 14.8 Å². The lowest BCUT2D eigenvalue weighted by atomic mass is 10.3. The van der Waals surface area contributed by atoms with E-state index in [9.17, 15) is 13.2 Å². The van der Waals surface area contributed by atoms with Gasteiger partial charge < -0.3 is 10.1 Å². The number of hydrogen-bond acceptors (Lipinski definition) is 4. The third kappa shape index (κ3) is 6.26. The van der Waals surface area contributed by atoms with Gasteiger partial charge in [-0.2, -0.15) is 0 Å².